The fourth-order valence-electron chi connectivity index (χ4n) is 3.29. The van der Waals surface area contributed by atoms with Gasteiger partial charge in [-0.05, 0) is 55.2 Å². The molecule has 0 aliphatic rings. The molecule has 0 saturated carbocycles. The summed E-state index contributed by atoms with van der Waals surface area (Å²) in [5.41, 5.74) is 10.2. The van der Waals surface area contributed by atoms with Gasteiger partial charge in [-0.1, -0.05) is 13.0 Å². The Hall–Kier alpha value is -3.06. The summed E-state index contributed by atoms with van der Waals surface area (Å²) >= 11 is 0. The van der Waals surface area contributed by atoms with Crippen molar-refractivity contribution in [3.05, 3.63) is 52.8 Å². The van der Waals surface area contributed by atoms with Crippen molar-refractivity contribution in [1.82, 2.24) is 20.8 Å². The lowest BCUT2D eigenvalue weighted by Crippen LogP contribution is -2.38. The number of hydrazine groups is 1. The summed E-state index contributed by atoms with van der Waals surface area (Å²) < 4.78 is 10.6. The standard InChI is InChI=1S/C22H28N4O3/c1-5-6-20-24-17-13-16(11-14(2)21(17)25-20)22(27)26-23-10-9-15-7-8-18(28-3)19(12-15)29-4/h7-8,11-13,23H,5-6,9-10H2,1-4H3,(H,24,25)(H,26,27). The van der Waals surface area contributed by atoms with Crippen molar-refractivity contribution in [2.45, 2.75) is 33.1 Å². The molecule has 0 bridgehead atoms. The summed E-state index contributed by atoms with van der Waals surface area (Å²) in [5.74, 6) is 2.18. The first-order valence-electron chi connectivity index (χ1n) is 9.79. The summed E-state index contributed by atoms with van der Waals surface area (Å²) in [6.45, 7) is 4.68. The fraction of sp³-hybridized carbons (Fsp3) is 0.364. The van der Waals surface area contributed by atoms with Gasteiger partial charge in [-0.15, -0.1) is 0 Å². The van der Waals surface area contributed by atoms with Crippen molar-refractivity contribution < 1.29 is 14.3 Å². The SMILES string of the molecule is CCCc1nc2c(C)cc(C(=O)NNCCc3ccc(OC)c(OC)c3)cc2[nH]1. The van der Waals surface area contributed by atoms with E-state index < -0.39 is 0 Å². The number of aryl methyl sites for hydroxylation is 2. The Morgan fingerprint density at radius 3 is 2.62 bits per heavy atom. The average molecular weight is 396 g/mol. The predicted molar refractivity (Wildman–Crippen MR) is 114 cm³/mol. The van der Waals surface area contributed by atoms with Crippen LogP contribution in [0.4, 0.5) is 0 Å². The second kappa shape index (κ2) is 9.43. The molecule has 7 heteroatoms. The zero-order valence-corrected chi connectivity index (χ0v) is 17.4. The first-order chi connectivity index (χ1) is 14.0. The van der Waals surface area contributed by atoms with Crippen LogP contribution >= 0.6 is 0 Å². The summed E-state index contributed by atoms with van der Waals surface area (Å²) in [7, 11) is 3.23. The molecule has 3 aromatic rings. The fourth-order valence-corrected chi connectivity index (χ4v) is 3.29. The van der Waals surface area contributed by atoms with Crippen molar-refractivity contribution in [2.75, 3.05) is 20.8 Å². The van der Waals surface area contributed by atoms with Crippen molar-refractivity contribution in [3.8, 4) is 11.5 Å². The Labute approximate surface area is 170 Å². The second-order valence-electron chi connectivity index (χ2n) is 6.94. The van der Waals surface area contributed by atoms with Crippen molar-refractivity contribution >= 4 is 16.9 Å². The van der Waals surface area contributed by atoms with E-state index >= 15 is 0 Å². The topological polar surface area (TPSA) is 88.3 Å². The van der Waals surface area contributed by atoms with E-state index in [1.807, 2.05) is 37.3 Å². The van der Waals surface area contributed by atoms with Gasteiger partial charge in [0.1, 0.15) is 5.82 Å². The number of ether oxygens (including phenoxy) is 2. The maximum Gasteiger partial charge on any atom is 0.265 e. The van der Waals surface area contributed by atoms with E-state index in [4.69, 9.17) is 9.47 Å². The van der Waals surface area contributed by atoms with Crippen LogP contribution in [0, 0.1) is 6.92 Å². The quantitative estimate of drug-likeness (QED) is 0.381. The van der Waals surface area contributed by atoms with E-state index in [1.165, 1.54) is 0 Å². The molecule has 0 unspecified atom stereocenters. The first kappa shape index (κ1) is 20.7. The van der Waals surface area contributed by atoms with E-state index in [0.29, 0.717) is 23.6 Å². The molecule has 7 nitrogen and oxygen atoms in total. The zero-order chi connectivity index (χ0) is 20.8. The second-order valence-corrected chi connectivity index (χ2v) is 6.94. The minimum atomic E-state index is -0.172. The van der Waals surface area contributed by atoms with Crippen LogP contribution < -0.4 is 20.3 Å². The highest BCUT2D eigenvalue weighted by Gasteiger charge is 2.12. The summed E-state index contributed by atoms with van der Waals surface area (Å²) in [6.07, 6.45) is 2.66. The molecule has 0 atom stereocenters. The lowest BCUT2D eigenvalue weighted by molar-refractivity contribution is 0.0933. The molecule has 0 aliphatic heterocycles. The van der Waals surface area contributed by atoms with Crippen LogP contribution in [0.3, 0.4) is 0 Å². The molecule has 1 aromatic heterocycles. The van der Waals surface area contributed by atoms with E-state index in [-0.39, 0.29) is 5.91 Å². The van der Waals surface area contributed by atoms with Crippen LogP contribution in [0.5, 0.6) is 11.5 Å². The van der Waals surface area contributed by atoms with Gasteiger partial charge in [-0.25, -0.2) is 10.4 Å². The molecular formula is C22H28N4O3. The molecule has 29 heavy (non-hydrogen) atoms. The highest BCUT2D eigenvalue weighted by molar-refractivity contribution is 5.98. The van der Waals surface area contributed by atoms with E-state index in [0.717, 1.165) is 47.2 Å². The average Bonchev–Trinajstić information content (AvgIpc) is 3.14. The summed E-state index contributed by atoms with van der Waals surface area (Å²) in [5, 5.41) is 0. The molecule has 154 valence electrons. The lowest BCUT2D eigenvalue weighted by atomic mass is 10.1. The Balaban J connectivity index is 1.58. The van der Waals surface area contributed by atoms with E-state index in [1.54, 1.807) is 14.2 Å². The van der Waals surface area contributed by atoms with Gasteiger partial charge in [0, 0.05) is 18.5 Å². The maximum absolute atomic E-state index is 12.5. The number of methoxy groups -OCH3 is 2. The number of fused-ring (bicyclic) bond motifs is 1. The number of hydrogen-bond acceptors (Lipinski definition) is 5. The molecule has 3 N–H and O–H groups in total. The van der Waals surface area contributed by atoms with Gasteiger partial charge in [0.2, 0.25) is 0 Å². The van der Waals surface area contributed by atoms with Crippen molar-refractivity contribution in [2.24, 2.45) is 0 Å². The van der Waals surface area contributed by atoms with Crippen LogP contribution in [0.1, 0.15) is 40.7 Å². The molecule has 0 spiro atoms. The predicted octanol–water partition coefficient (Wildman–Crippen LogP) is 3.32. The molecule has 1 heterocycles. The van der Waals surface area contributed by atoms with Crippen LogP contribution in [0.25, 0.3) is 11.0 Å². The molecule has 0 saturated heterocycles. The number of nitrogens with zero attached hydrogens (tertiary/aromatic N) is 1. The number of H-pyrrole nitrogens is 1. The number of carbonyl (C=O) groups excluding carboxylic acids is 1. The number of imidazole rings is 1. The van der Waals surface area contributed by atoms with Crippen molar-refractivity contribution in [3.63, 3.8) is 0 Å². The molecule has 3 rings (SSSR count). The number of rotatable bonds is 9. The largest absolute Gasteiger partial charge is 0.493 e. The van der Waals surface area contributed by atoms with Crippen LogP contribution in [0.15, 0.2) is 30.3 Å². The van der Waals surface area contributed by atoms with Crippen molar-refractivity contribution in [1.29, 1.82) is 0 Å². The number of carbonyl (C=O) groups is 1. The number of aromatic nitrogens is 2. The number of hydrogen-bond donors (Lipinski definition) is 3. The van der Waals surface area contributed by atoms with Crippen LogP contribution in [0.2, 0.25) is 0 Å². The molecule has 0 fully saturated rings. The molecule has 0 aliphatic carbocycles. The van der Waals surface area contributed by atoms with E-state index in [9.17, 15) is 4.79 Å². The molecular weight excluding hydrogens is 368 g/mol. The lowest BCUT2D eigenvalue weighted by Gasteiger charge is -2.11. The van der Waals surface area contributed by atoms with Gasteiger partial charge in [0.25, 0.3) is 5.91 Å². The number of nitrogens with one attached hydrogen (secondary N) is 3. The van der Waals surface area contributed by atoms with Gasteiger partial charge in [0.15, 0.2) is 11.5 Å². The highest BCUT2D eigenvalue weighted by Crippen LogP contribution is 2.27. The van der Waals surface area contributed by atoms with Gasteiger partial charge in [0.05, 0.1) is 25.3 Å². The van der Waals surface area contributed by atoms with Gasteiger partial charge < -0.3 is 14.5 Å². The Bertz CT molecular complexity index is 997. The third-order valence-electron chi connectivity index (χ3n) is 4.76. The monoisotopic (exact) mass is 396 g/mol. The number of benzene rings is 2. The third-order valence-corrected chi connectivity index (χ3v) is 4.76. The Morgan fingerprint density at radius 2 is 1.90 bits per heavy atom. The highest BCUT2D eigenvalue weighted by atomic mass is 16.5. The zero-order valence-electron chi connectivity index (χ0n) is 17.4. The molecule has 2 aromatic carbocycles. The minimum absolute atomic E-state index is 0.172. The smallest absolute Gasteiger partial charge is 0.265 e. The Kier molecular flexibility index (Phi) is 6.72. The van der Waals surface area contributed by atoms with Gasteiger partial charge >= 0.3 is 0 Å². The number of aromatic amines is 1. The molecule has 1 amide bonds. The molecule has 0 radical (unpaired) electrons. The Morgan fingerprint density at radius 1 is 1.10 bits per heavy atom. The van der Waals surface area contributed by atoms with Crippen LogP contribution in [-0.2, 0) is 12.8 Å². The van der Waals surface area contributed by atoms with Gasteiger partial charge in [-0.2, -0.15) is 0 Å². The number of amides is 1. The minimum Gasteiger partial charge on any atom is -0.493 e. The van der Waals surface area contributed by atoms with E-state index in [2.05, 4.69) is 27.7 Å². The van der Waals surface area contributed by atoms with Crippen LogP contribution in [-0.4, -0.2) is 36.6 Å². The summed E-state index contributed by atoms with van der Waals surface area (Å²) in [4.78, 5) is 20.4. The third kappa shape index (κ3) is 4.86. The van der Waals surface area contributed by atoms with Gasteiger partial charge in [-0.3, -0.25) is 10.2 Å². The summed E-state index contributed by atoms with van der Waals surface area (Å²) in [6, 6.07) is 9.51. The normalized spacial score (nSPS) is 10.9. The maximum atomic E-state index is 12.5. The first-order valence-corrected chi connectivity index (χ1v) is 9.79.